The molecule has 1 fully saturated rings. The van der Waals surface area contributed by atoms with Crippen LogP contribution in [0.1, 0.15) is 30.9 Å². The molecule has 2 nitrogen and oxygen atoms in total. The van der Waals surface area contributed by atoms with E-state index in [2.05, 4.69) is 43.1 Å². The molecule has 0 radical (unpaired) electrons. The third kappa shape index (κ3) is 2.28. The van der Waals surface area contributed by atoms with E-state index in [9.17, 15) is 5.11 Å². The van der Waals surface area contributed by atoms with E-state index in [0.29, 0.717) is 0 Å². The molecule has 1 aliphatic rings. The Morgan fingerprint density at radius 2 is 2.00 bits per heavy atom. The number of likely N-dealkylation sites (tertiary alicyclic amines) is 1. The summed E-state index contributed by atoms with van der Waals surface area (Å²) in [4.78, 5) is 2.21. The van der Waals surface area contributed by atoms with Crippen LogP contribution in [0, 0.1) is 0 Å². The van der Waals surface area contributed by atoms with Gasteiger partial charge in [-0.3, -0.25) is 0 Å². The number of likely N-dealkylation sites (N-methyl/N-ethyl adjacent to an activating group) is 1. The van der Waals surface area contributed by atoms with E-state index in [-0.39, 0.29) is 0 Å². The van der Waals surface area contributed by atoms with E-state index in [1.165, 1.54) is 5.56 Å². The Morgan fingerprint density at radius 3 is 2.56 bits per heavy atom. The van der Waals surface area contributed by atoms with Gasteiger partial charge < -0.3 is 10.0 Å². The number of nitrogens with zero attached hydrogens (tertiary/aromatic N) is 1. The summed E-state index contributed by atoms with van der Waals surface area (Å²) in [6.45, 7) is 3.99. The summed E-state index contributed by atoms with van der Waals surface area (Å²) in [5, 5.41) is 10.6. The highest BCUT2D eigenvalue weighted by atomic mass is 16.3. The molecule has 1 aromatic carbocycles. The molecule has 0 bridgehead atoms. The molecule has 1 aromatic rings. The molecule has 0 saturated carbocycles. The van der Waals surface area contributed by atoms with Crippen molar-refractivity contribution >= 4 is 0 Å². The number of β-amino-alcohol motifs (C(OH)–C–C–N with tert-alkyl or cyclic N) is 1. The first kappa shape index (κ1) is 11.6. The van der Waals surface area contributed by atoms with Crippen molar-refractivity contribution in [3.05, 3.63) is 35.4 Å². The van der Waals surface area contributed by atoms with Gasteiger partial charge in [0.15, 0.2) is 0 Å². The molecular weight excluding hydrogens is 198 g/mol. The standard InChI is InChI=1S/C14H21NO/c1-3-12-5-7-13(8-6-12)14(16)9-4-10-15(2)11-14/h5-8,16H,3-4,9-11H2,1-2H3. The molecule has 2 rings (SSSR count). The zero-order valence-electron chi connectivity index (χ0n) is 10.2. The van der Waals surface area contributed by atoms with E-state index in [4.69, 9.17) is 0 Å². The fraction of sp³-hybridized carbons (Fsp3) is 0.571. The van der Waals surface area contributed by atoms with Crippen molar-refractivity contribution in [1.29, 1.82) is 0 Å². The van der Waals surface area contributed by atoms with Crippen molar-refractivity contribution in [3.63, 3.8) is 0 Å². The van der Waals surface area contributed by atoms with Crippen LogP contribution in [0.3, 0.4) is 0 Å². The molecule has 0 spiro atoms. The summed E-state index contributed by atoms with van der Waals surface area (Å²) in [7, 11) is 2.07. The lowest BCUT2D eigenvalue weighted by Gasteiger charge is -2.37. The van der Waals surface area contributed by atoms with Gasteiger partial charge in [0.1, 0.15) is 5.60 Å². The molecule has 1 unspecified atom stereocenters. The molecule has 1 aliphatic heterocycles. The number of piperidine rings is 1. The van der Waals surface area contributed by atoms with Crippen LogP contribution in [0.2, 0.25) is 0 Å². The Bertz CT molecular complexity index is 346. The Kier molecular flexibility index (Phi) is 3.31. The molecule has 1 heterocycles. The fourth-order valence-corrected chi connectivity index (χ4v) is 2.53. The highest BCUT2D eigenvalue weighted by Gasteiger charge is 2.33. The van der Waals surface area contributed by atoms with Crippen LogP contribution in [0.5, 0.6) is 0 Å². The Hall–Kier alpha value is -0.860. The van der Waals surface area contributed by atoms with Crippen molar-refractivity contribution < 1.29 is 5.11 Å². The van der Waals surface area contributed by atoms with Crippen LogP contribution in [0.25, 0.3) is 0 Å². The number of aryl methyl sites for hydroxylation is 1. The van der Waals surface area contributed by atoms with E-state index in [1.807, 2.05) is 0 Å². The lowest BCUT2D eigenvalue weighted by Crippen LogP contribution is -2.44. The molecule has 88 valence electrons. The Balaban J connectivity index is 2.20. The normalized spacial score (nSPS) is 26.9. The van der Waals surface area contributed by atoms with Crippen LogP contribution in [0.15, 0.2) is 24.3 Å². The maximum atomic E-state index is 10.6. The zero-order valence-corrected chi connectivity index (χ0v) is 10.2. The van der Waals surface area contributed by atoms with Crippen molar-refractivity contribution in [2.24, 2.45) is 0 Å². The van der Waals surface area contributed by atoms with Gasteiger partial charge in [0.2, 0.25) is 0 Å². The largest absolute Gasteiger partial charge is 0.384 e. The second kappa shape index (κ2) is 4.56. The summed E-state index contributed by atoms with van der Waals surface area (Å²) in [5.41, 5.74) is 1.76. The SMILES string of the molecule is CCc1ccc(C2(O)CCCN(C)C2)cc1. The predicted octanol–water partition coefficient (Wildman–Crippen LogP) is 2.16. The average Bonchev–Trinajstić information content (AvgIpc) is 2.29. The quantitative estimate of drug-likeness (QED) is 0.824. The van der Waals surface area contributed by atoms with Gasteiger partial charge in [0.05, 0.1) is 0 Å². The summed E-state index contributed by atoms with van der Waals surface area (Å²) in [5.74, 6) is 0. The van der Waals surface area contributed by atoms with Gasteiger partial charge in [-0.05, 0) is 44.0 Å². The third-order valence-corrected chi connectivity index (χ3v) is 3.56. The minimum absolute atomic E-state index is 0.640. The lowest BCUT2D eigenvalue weighted by atomic mass is 9.85. The van der Waals surface area contributed by atoms with Gasteiger partial charge >= 0.3 is 0 Å². The first-order chi connectivity index (χ1) is 7.64. The van der Waals surface area contributed by atoms with Gasteiger partial charge in [0.25, 0.3) is 0 Å². The van der Waals surface area contributed by atoms with Gasteiger partial charge in [-0.25, -0.2) is 0 Å². The van der Waals surface area contributed by atoms with Crippen molar-refractivity contribution in [2.75, 3.05) is 20.1 Å². The van der Waals surface area contributed by atoms with Gasteiger partial charge in [-0.15, -0.1) is 0 Å². The molecule has 1 atom stereocenters. The van der Waals surface area contributed by atoms with Crippen molar-refractivity contribution in [2.45, 2.75) is 31.8 Å². The van der Waals surface area contributed by atoms with Gasteiger partial charge in [0, 0.05) is 6.54 Å². The van der Waals surface area contributed by atoms with Gasteiger partial charge in [-0.1, -0.05) is 31.2 Å². The summed E-state index contributed by atoms with van der Waals surface area (Å²) in [6.07, 6.45) is 3.00. The van der Waals surface area contributed by atoms with Crippen molar-refractivity contribution in [1.82, 2.24) is 4.90 Å². The molecule has 0 aromatic heterocycles. The van der Waals surface area contributed by atoms with E-state index in [0.717, 1.165) is 37.9 Å². The van der Waals surface area contributed by atoms with Crippen LogP contribution in [0.4, 0.5) is 0 Å². The molecule has 0 aliphatic carbocycles. The van der Waals surface area contributed by atoms with Crippen LogP contribution < -0.4 is 0 Å². The highest BCUT2D eigenvalue weighted by Crippen LogP contribution is 2.30. The summed E-state index contributed by atoms with van der Waals surface area (Å²) < 4.78 is 0. The number of aliphatic hydroxyl groups is 1. The number of benzene rings is 1. The predicted molar refractivity (Wildman–Crippen MR) is 66.4 cm³/mol. The number of rotatable bonds is 2. The molecule has 2 heteroatoms. The Labute approximate surface area is 97.9 Å². The van der Waals surface area contributed by atoms with E-state index in [1.54, 1.807) is 0 Å². The molecule has 1 saturated heterocycles. The van der Waals surface area contributed by atoms with Crippen LogP contribution >= 0.6 is 0 Å². The molecule has 1 N–H and O–H groups in total. The third-order valence-electron chi connectivity index (χ3n) is 3.56. The molecule has 16 heavy (non-hydrogen) atoms. The Morgan fingerprint density at radius 1 is 1.31 bits per heavy atom. The first-order valence-electron chi connectivity index (χ1n) is 6.14. The second-order valence-corrected chi connectivity index (χ2v) is 4.92. The minimum Gasteiger partial charge on any atom is -0.384 e. The maximum Gasteiger partial charge on any atom is 0.102 e. The smallest absolute Gasteiger partial charge is 0.102 e. The molecular formula is C14H21NO. The maximum absolute atomic E-state index is 10.6. The second-order valence-electron chi connectivity index (χ2n) is 4.92. The fourth-order valence-electron chi connectivity index (χ4n) is 2.53. The van der Waals surface area contributed by atoms with E-state index >= 15 is 0 Å². The number of hydrogen-bond donors (Lipinski definition) is 1. The average molecular weight is 219 g/mol. The lowest BCUT2D eigenvalue weighted by molar-refractivity contribution is -0.0277. The first-order valence-corrected chi connectivity index (χ1v) is 6.14. The molecule has 0 amide bonds. The topological polar surface area (TPSA) is 23.5 Å². The minimum atomic E-state index is -0.640. The zero-order chi connectivity index (χ0) is 11.6. The summed E-state index contributed by atoms with van der Waals surface area (Å²) in [6, 6.07) is 8.42. The van der Waals surface area contributed by atoms with Crippen LogP contribution in [-0.4, -0.2) is 30.1 Å². The van der Waals surface area contributed by atoms with Crippen molar-refractivity contribution in [3.8, 4) is 0 Å². The van der Waals surface area contributed by atoms with Crippen LogP contribution in [-0.2, 0) is 12.0 Å². The van der Waals surface area contributed by atoms with Gasteiger partial charge in [-0.2, -0.15) is 0 Å². The highest BCUT2D eigenvalue weighted by molar-refractivity contribution is 5.28. The monoisotopic (exact) mass is 219 g/mol. The number of hydrogen-bond acceptors (Lipinski definition) is 2. The van der Waals surface area contributed by atoms with E-state index < -0.39 is 5.60 Å². The summed E-state index contributed by atoms with van der Waals surface area (Å²) >= 11 is 0.